The third-order valence-electron chi connectivity index (χ3n) is 2.60. The average Bonchev–Trinajstić information content (AvgIpc) is 2.46. The van der Waals surface area contributed by atoms with Gasteiger partial charge in [0.15, 0.2) is 0 Å². The highest BCUT2D eigenvalue weighted by Crippen LogP contribution is 2.26. The van der Waals surface area contributed by atoms with Crippen LogP contribution in [0.5, 0.6) is 0 Å². The fraction of sp³-hybridized carbons (Fsp3) is 0.667. The van der Waals surface area contributed by atoms with Crippen LogP contribution in [0.4, 0.5) is 4.39 Å². The first kappa shape index (κ1) is 12.9. The zero-order valence-electron chi connectivity index (χ0n) is 10.7. The molecule has 0 bridgehead atoms. The molecule has 0 spiro atoms. The van der Waals surface area contributed by atoms with Gasteiger partial charge in [-0.1, -0.05) is 20.8 Å². The normalized spacial score (nSPS) is 12.9. The lowest BCUT2D eigenvalue weighted by Gasteiger charge is -2.23. The topological polar surface area (TPSA) is 30.2 Å². The van der Waals surface area contributed by atoms with Crippen molar-refractivity contribution in [3.8, 4) is 0 Å². The van der Waals surface area contributed by atoms with Crippen LogP contribution in [0.25, 0.3) is 0 Å². The van der Waals surface area contributed by atoms with Gasteiger partial charge in [-0.05, 0) is 26.0 Å². The van der Waals surface area contributed by atoms with E-state index in [-0.39, 0.29) is 11.0 Å². The summed E-state index contributed by atoms with van der Waals surface area (Å²) in [6.07, 6.45) is 1.76. The van der Waals surface area contributed by atoms with E-state index in [1.165, 1.54) is 0 Å². The van der Waals surface area contributed by atoms with Gasteiger partial charge in [-0.25, -0.2) is 0 Å². The molecule has 0 amide bonds. The molecular formula is C12H20FN3. The lowest BCUT2D eigenvalue weighted by atomic mass is 9.89. The summed E-state index contributed by atoms with van der Waals surface area (Å²) in [6.45, 7) is 13.8. The minimum absolute atomic E-state index is 0.236. The Balaban J connectivity index is 3.15. The van der Waals surface area contributed by atoms with Crippen molar-refractivity contribution in [2.45, 2.75) is 45.6 Å². The summed E-state index contributed by atoms with van der Waals surface area (Å²) in [7, 11) is 0. The van der Waals surface area contributed by atoms with E-state index in [9.17, 15) is 4.39 Å². The van der Waals surface area contributed by atoms with Crippen molar-refractivity contribution in [2.24, 2.45) is 4.99 Å². The number of hydrogen-bond acceptors (Lipinski definition) is 2. The largest absolute Gasteiger partial charge is 0.298 e. The van der Waals surface area contributed by atoms with E-state index < -0.39 is 5.95 Å². The molecule has 0 aliphatic carbocycles. The molecule has 1 heterocycles. The minimum Gasteiger partial charge on any atom is -0.298 e. The molecular weight excluding hydrogens is 205 g/mol. The van der Waals surface area contributed by atoms with Crippen molar-refractivity contribution in [1.82, 2.24) is 9.78 Å². The SMILES string of the molecule is C=NCC(C)(C)n1cc(C(C)(C)C)c(F)n1. The molecule has 0 radical (unpaired) electrons. The van der Waals surface area contributed by atoms with Crippen LogP contribution in [-0.2, 0) is 11.0 Å². The number of hydrogen-bond donors (Lipinski definition) is 0. The van der Waals surface area contributed by atoms with Crippen LogP contribution in [-0.4, -0.2) is 23.0 Å². The molecule has 0 aliphatic rings. The van der Waals surface area contributed by atoms with Crippen LogP contribution in [0.15, 0.2) is 11.2 Å². The van der Waals surface area contributed by atoms with E-state index in [0.29, 0.717) is 12.1 Å². The lowest BCUT2D eigenvalue weighted by Crippen LogP contribution is -2.30. The average molecular weight is 225 g/mol. The Kier molecular flexibility index (Phi) is 3.22. The predicted molar refractivity (Wildman–Crippen MR) is 64.6 cm³/mol. The van der Waals surface area contributed by atoms with E-state index in [1.54, 1.807) is 10.9 Å². The molecule has 1 rings (SSSR count). The summed E-state index contributed by atoms with van der Waals surface area (Å²) in [4.78, 5) is 3.85. The van der Waals surface area contributed by atoms with Gasteiger partial charge in [0, 0.05) is 11.8 Å². The quantitative estimate of drug-likeness (QED) is 0.727. The molecule has 0 atom stereocenters. The second-order valence-corrected chi connectivity index (χ2v) is 5.72. The number of aromatic nitrogens is 2. The van der Waals surface area contributed by atoms with Crippen LogP contribution in [0.3, 0.4) is 0 Å². The molecule has 4 heteroatoms. The highest BCUT2D eigenvalue weighted by Gasteiger charge is 2.27. The van der Waals surface area contributed by atoms with Crippen LogP contribution < -0.4 is 0 Å². The Morgan fingerprint density at radius 1 is 1.38 bits per heavy atom. The summed E-state index contributed by atoms with van der Waals surface area (Å²) in [5, 5.41) is 3.93. The zero-order valence-corrected chi connectivity index (χ0v) is 10.7. The number of aliphatic imine (C=N–C) groups is 1. The van der Waals surface area contributed by atoms with Gasteiger partial charge in [-0.2, -0.15) is 4.39 Å². The van der Waals surface area contributed by atoms with Crippen molar-refractivity contribution in [3.05, 3.63) is 17.7 Å². The van der Waals surface area contributed by atoms with Gasteiger partial charge < -0.3 is 0 Å². The van der Waals surface area contributed by atoms with Crippen molar-refractivity contribution < 1.29 is 4.39 Å². The van der Waals surface area contributed by atoms with E-state index in [2.05, 4.69) is 16.8 Å². The van der Waals surface area contributed by atoms with Gasteiger partial charge in [0.1, 0.15) is 0 Å². The zero-order chi connectivity index (χ0) is 12.6. The van der Waals surface area contributed by atoms with E-state index in [0.717, 1.165) is 0 Å². The molecule has 16 heavy (non-hydrogen) atoms. The van der Waals surface area contributed by atoms with Gasteiger partial charge in [0.25, 0.3) is 0 Å². The lowest BCUT2D eigenvalue weighted by molar-refractivity contribution is 0.320. The highest BCUT2D eigenvalue weighted by atomic mass is 19.1. The first-order chi connectivity index (χ1) is 7.18. The summed E-state index contributed by atoms with van der Waals surface area (Å²) in [5.74, 6) is -0.398. The van der Waals surface area contributed by atoms with Gasteiger partial charge in [0.2, 0.25) is 5.95 Å². The third-order valence-corrected chi connectivity index (χ3v) is 2.60. The Hall–Kier alpha value is -1.19. The van der Waals surface area contributed by atoms with Crippen LogP contribution in [0.1, 0.15) is 40.2 Å². The number of rotatable bonds is 3. The third kappa shape index (κ3) is 2.49. The maximum atomic E-state index is 13.7. The van der Waals surface area contributed by atoms with Crippen molar-refractivity contribution in [1.29, 1.82) is 0 Å². The maximum Gasteiger partial charge on any atom is 0.236 e. The molecule has 0 unspecified atom stereocenters. The molecule has 1 aromatic heterocycles. The Labute approximate surface area is 96.4 Å². The summed E-state index contributed by atoms with van der Waals surface area (Å²) < 4.78 is 15.3. The predicted octanol–water partition coefficient (Wildman–Crippen LogP) is 2.76. The Bertz CT molecular complexity index is 385. The van der Waals surface area contributed by atoms with Gasteiger partial charge in [0.05, 0.1) is 12.1 Å². The smallest absolute Gasteiger partial charge is 0.236 e. The summed E-state index contributed by atoms with van der Waals surface area (Å²) in [5.41, 5.74) is 0.0520. The molecule has 0 aromatic carbocycles. The molecule has 0 aliphatic heterocycles. The summed E-state index contributed by atoms with van der Waals surface area (Å²) >= 11 is 0. The molecule has 90 valence electrons. The van der Waals surface area contributed by atoms with Crippen molar-refractivity contribution in [3.63, 3.8) is 0 Å². The maximum absolute atomic E-state index is 13.7. The fourth-order valence-corrected chi connectivity index (χ4v) is 1.51. The Morgan fingerprint density at radius 3 is 2.31 bits per heavy atom. The van der Waals surface area contributed by atoms with E-state index >= 15 is 0 Å². The van der Waals surface area contributed by atoms with Crippen LogP contribution in [0, 0.1) is 5.95 Å². The molecule has 0 N–H and O–H groups in total. The highest BCUT2D eigenvalue weighted by molar-refractivity contribution is 5.24. The van der Waals surface area contributed by atoms with Crippen LogP contribution >= 0.6 is 0 Å². The number of halogens is 1. The second kappa shape index (κ2) is 4.00. The van der Waals surface area contributed by atoms with E-state index in [1.807, 2.05) is 34.6 Å². The first-order valence-electron chi connectivity index (χ1n) is 5.37. The molecule has 0 fully saturated rings. The monoisotopic (exact) mass is 225 g/mol. The molecule has 0 saturated heterocycles. The van der Waals surface area contributed by atoms with Crippen LogP contribution in [0.2, 0.25) is 0 Å². The van der Waals surface area contributed by atoms with E-state index in [4.69, 9.17) is 0 Å². The van der Waals surface area contributed by atoms with Gasteiger partial charge in [-0.15, -0.1) is 5.10 Å². The standard InChI is InChI=1S/C12H20FN3/c1-11(2,3)9-7-16(15-10(9)13)12(4,5)8-14-6/h7H,6,8H2,1-5H3. The molecule has 1 aromatic rings. The van der Waals surface area contributed by atoms with Gasteiger partial charge in [-0.3, -0.25) is 9.67 Å². The Morgan fingerprint density at radius 2 is 1.94 bits per heavy atom. The van der Waals surface area contributed by atoms with Crippen molar-refractivity contribution >= 4 is 6.72 Å². The first-order valence-corrected chi connectivity index (χ1v) is 5.37. The van der Waals surface area contributed by atoms with Crippen molar-refractivity contribution in [2.75, 3.05) is 6.54 Å². The fourth-order valence-electron chi connectivity index (χ4n) is 1.51. The van der Waals surface area contributed by atoms with Gasteiger partial charge >= 0.3 is 0 Å². The summed E-state index contributed by atoms with van der Waals surface area (Å²) in [6, 6.07) is 0. The second-order valence-electron chi connectivity index (χ2n) is 5.72. The molecule has 3 nitrogen and oxygen atoms in total. The number of nitrogens with zero attached hydrogens (tertiary/aromatic N) is 3. The molecule has 0 saturated carbocycles. The minimum atomic E-state index is -0.398.